The summed E-state index contributed by atoms with van der Waals surface area (Å²) < 4.78 is 3.36. The van der Waals surface area contributed by atoms with E-state index in [1.54, 1.807) is 0 Å². The smallest absolute Gasteiger partial charge is 0.127 e. The lowest BCUT2D eigenvalue weighted by Crippen LogP contribution is -2.26. The molecule has 1 aliphatic heterocycles. The number of imidazole rings is 1. The summed E-state index contributed by atoms with van der Waals surface area (Å²) in [6.45, 7) is 4.02. The molecule has 3 nitrogen and oxygen atoms in total. The van der Waals surface area contributed by atoms with E-state index in [0.29, 0.717) is 5.92 Å². The van der Waals surface area contributed by atoms with Gasteiger partial charge in [-0.05, 0) is 41.2 Å². The predicted molar refractivity (Wildman–Crippen MR) is 60.2 cm³/mol. The fourth-order valence-electron chi connectivity index (χ4n) is 2.12. The fourth-order valence-corrected chi connectivity index (χ4v) is 2.70. The van der Waals surface area contributed by atoms with Gasteiger partial charge in [0.05, 0.1) is 5.69 Å². The summed E-state index contributed by atoms with van der Waals surface area (Å²) >= 11 is 3.53. The minimum absolute atomic E-state index is 0.639. The molecule has 14 heavy (non-hydrogen) atoms. The first-order chi connectivity index (χ1) is 6.76. The van der Waals surface area contributed by atoms with E-state index in [2.05, 4.69) is 32.4 Å². The van der Waals surface area contributed by atoms with Gasteiger partial charge in [-0.15, -0.1) is 0 Å². The van der Waals surface area contributed by atoms with Gasteiger partial charge in [0.1, 0.15) is 10.4 Å². The van der Waals surface area contributed by atoms with Crippen LogP contribution in [0.5, 0.6) is 0 Å². The van der Waals surface area contributed by atoms with Crippen LogP contribution in [0.3, 0.4) is 0 Å². The molecule has 1 aromatic heterocycles. The Morgan fingerprint density at radius 1 is 1.64 bits per heavy atom. The second-order valence-corrected chi connectivity index (χ2v) is 4.62. The Kier molecular flexibility index (Phi) is 2.93. The number of aromatic nitrogens is 2. The van der Waals surface area contributed by atoms with Gasteiger partial charge in [-0.3, -0.25) is 0 Å². The zero-order valence-corrected chi connectivity index (χ0v) is 10.0. The Morgan fingerprint density at radius 3 is 3.07 bits per heavy atom. The largest absolute Gasteiger partial charge is 0.331 e. The van der Waals surface area contributed by atoms with Crippen LogP contribution in [0.15, 0.2) is 4.60 Å². The average Bonchev–Trinajstić information content (AvgIpc) is 2.55. The number of rotatable bonds is 2. The van der Waals surface area contributed by atoms with Crippen molar-refractivity contribution in [2.45, 2.75) is 32.7 Å². The van der Waals surface area contributed by atoms with Crippen LogP contribution in [-0.4, -0.2) is 16.1 Å². The third-order valence-electron chi connectivity index (χ3n) is 3.00. The van der Waals surface area contributed by atoms with E-state index in [0.717, 1.165) is 30.5 Å². The van der Waals surface area contributed by atoms with E-state index < -0.39 is 0 Å². The zero-order chi connectivity index (χ0) is 10.1. The minimum Gasteiger partial charge on any atom is -0.331 e. The summed E-state index contributed by atoms with van der Waals surface area (Å²) in [5.74, 6) is 1.84. The molecule has 2 N–H and O–H groups in total. The molecule has 1 unspecified atom stereocenters. The molecule has 4 heteroatoms. The van der Waals surface area contributed by atoms with Gasteiger partial charge in [0, 0.05) is 13.0 Å². The SMILES string of the molecule is CCc1nc(Br)c2n1CCC(CN)C2. The van der Waals surface area contributed by atoms with E-state index in [-0.39, 0.29) is 0 Å². The first-order valence-corrected chi connectivity index (χ1v) is 5.99. The molecule has 1 aromatic rings. The maximum Gasteiger partial charge on any atom is 0.127 e. The molecule has 2 rings (SSSR count). The Hall–Kier alpha value is -0.350. The average molecular weight is 258 g/mol. The van der Waals surface area contributed by atoms with E-state index in [1.807, 2.05) is 0 Å². The number of hydrogen-bond acceptors (Lipinski definition) is 2. The van der Waals surface area contributed by atoms with E-state index in [1.165, 1.54) is 17.9 Å². The molecule has 0 bridgehead atoms. The van der Waals surface area contributed by atoms with Gasteiger partial charge >= 0.3 is 0 Å². The molecule has 2 heterocycles. The van der Waals surface area contributed by atoms with Gasteiger partial charge in [0.2, 0.25) is 0 Å². The molecule has 0 spiro atoms. The first-order valence-electron chi connectivity index (χ1n) is 5.20. The number of halogens is 1. The molecule has 0 saturated heterocycles. The van der Waals surface area contributed by atoms with Gasteiger partial charge in [-0.1, -0.05) is 6.92 Å². The summed E-state index contributed by atoms with van der Waals surface area (Å²) in [4.78, 5) is 4.52. The highest BCUT2D eigenvalue weighted by Gasteiger charge is 2.22. The lowest BCUT2D eigenvalue weighted by Gasteiger charge is -2.23. The predicted octanol–water partition coefficient (Wildman–Crippen LogP) is 1.73. The fraction of sp³-hybridized carbons (Fsp3) is 0.700. The van der Waals surface area contributed by atoms with Gasteiger partial charge in [-0.25, -0.2) is 4.98 Å². The van der Waals surface area contributed by atoms with Crippen molar-refractivity contribution < 1.29 is 0 Å². The van der Waals surface area contributed by atoms with Crippen molar-refractivity contribution >= 4 is 15.9 Å². The Bertz CT molecular complexity index is 332. The maximum absolute atomic E-state index is 5.70. The Balaban J connectivity index is 2.33. The second-order valence-electron chi connectivity index (χ2n) is 3.87. The van der Waals surface area contributed by atoms with Gasteiger partial charge in [0.15, 0.2) is 0 Å². The summed E-state index contributed by atoms with van der Waals surface area (Å²) in [7, 11) is 0. The topological polar surface area (TPSA) is 43.8 Å². The van der Waals surface area contributed by atoms with Crippen LogP contribution in [0.25, 0.3) is 0 Å². The number of nitrogens with zero attached hydrogens (tertiary/aromatic N) is 2. The number of aryl methyl sites for hydroxylation is 1. The zero-order valence-electron chi connectivity index (χ0n) is 8.46. The van der Waals surface area contributed by atoms with Crippen molar-refractivity contribution in [3.8, 4) is 0 Å². The molecule has 0 fully saturated rings. The molecule has 1 atom stereocenters. The summed E-state index contributed by atoms with van der Waals surface area (Å²) in [5, 5.41) is 0. The van der Waals surface area contributed by atoms with Crippen molar-refractivity contribution in [3.63, 3.8) is 0 Å². The number of hydrogen-bond donors (Lipinski definition) is 1. The molecule has 0 aliphatic carbocycles. The van der Waals surface area contributed by atoms with E-state index in [4.69, 9.17) is 5.73 Å². The van der Waals surface area contributed by atoms with Crippen LogP contribution in [-0.2, 0) is 19.4 Å². The number of nitrogens with two attached hydrogens (primary N) is 1. The number of fused-ring (bicyclic) bond motifs is 1. The normalized spacial score (nSPS) is 20.9. The Labute approximate surface area is 92.8 Å². The highest BCUT2D eigenvalue weighted by molar-refractivity contribution is 9.10. The van der Waals surface area contributed by atoms with Crippen molar-refractivity contribution in [2.24, 2.45) is 11.7 Å². The van der Waals surface area contributed by atoms with Crippen LogP contribution in [0.4, 0.5) is 0 Å². The van der Waals surface area contributed by atoms with Crippen molar-refractivity contribution in [1.82, 2.24) is 9.55 Å². The highest BCUT2D eigenvalue weighted by atomic mass is 79.9. The molecule has 78 valence electrons. The van der Waals surface area contributed by atoms with Gasteiger partial charge in [0.25, 0.3) is 0 Å². The molecule has 0 saturated carbocycles. The molecular weight excluding hydrogens is 242 g/mol. The molecule has 0 radical (unpaired) electrons. The Morgan fingerprint density at radius 2 is 2.43 bits per heavy atom. The highest BCUT2D eigenvalue weighted by Crippen LogP contribution is 2.27. The van der Waals surface area contributed by atoms with E-state index in [9.17, 15) is 0 Å². The lowest BCUT2D eigenvalue weighted by molar-refractivity contribution is 0.389. The summed E-state index contributed by atoms with van der Waals surface area (Å²) in [6, 6.07) is 0. The maximum atomic E-state index is 5.70. The summed E-state index contributed by atoms with van der Waals surface area (Å²) in [5.41, 5.74) is 7.04. The molecular formula is C10H16BrN3. The van der Waals surface area contributed by atoms with Crippen LogP contribution in [0.1, 0.15) is 24.9 Å². The van der Waals surface area contributed by atoms with Crippen molar-refractivity contribution in [3.05, 3.63) is 16.1 Å². The van der Waals surface area contributed by atoms with Crippen LogP contribution in [0.2, 0.25) is 0 Å². The van der Waals surface area contributed by atoms with Crippen molar-refractivity contribution in [1.29, 1.82) is 0 Å². The quantitative estimate of drug-likeness (QED) is 0.877. The summed E-state index contributed by atoms with van der Waals surface area (Å²) in [6.07, 6.45) is 3.27. The lowest BCUT2D eigenvalue weighted by atomic mass is 9.96. The first kappa shape index (κ1) is 10.2. The second kappa shape index (κ2) is 4.03. The molecule has 0 amide bonds. The van der Waals surface area contributed by atoms with Gasteiger partial charge in [-0.2, -0.15) is 0 Å². The molecule has 1 aliphatic rings. The van der Waals surface area contributed by atoms with Crippen LogP contribution < -0.4 is 5.73 Å². The third-order valence-corrected chi connectivity index (χ3v) is 3.63. The monoisotopic (exact) mass is 257 g/mol. The van der Waals surface area contributed by atoms with Crippen molar-refractivity contribution in [2.75, 3.05) is 6.54 Å². The van der Waals surface area contributed by atoms with Crippen LogP contribution >= 0.6 is 15.9 Å². The minimum atomic E-state index is 0.639. The van der Waals surface area contributed by atoms with E-state index >= 15 is 0 Å². The standard InChI is InChI=1S/C10H16BrN3/c1-2-9-13-10(11)8-5-7(6-12)3-4-14(8)9/h7H,2-6,12H2,1H3. The third kappa shape index (κ3) is 1.61. The van der Waals surface area contributed by atoms with Crippen LogP contribution in [0, 0.1) is 5.92 Å². The van der Waals surface area contributed by atoms with Gasteiger partial charge < -0.3 is 10.3 Å². The molecule has 0 aromatic carbocycles.